The summed E-state index contributed by atoms with van der Waals surface area (Å²) in [5.41, 5.74) is 0. The van der Waals surface area contributed by atoms with Crippen LogP contribution in [0.1, 0.15) is 39.0 Å². The Kier molecular flexibility index (Phi) is 6.57. The average Bonchev–Trinajstić information content (AvgIpc) is 2.01. The molecule has 0 saturated carbocycles. The molecule has 12 heavy (non-hydrogen) atoms. The summed E-state index contributed by atoms with van der Waals surface area (Å²) in [4.78, 5) is 21.9. The highest BCUT2D eigenvalue weighted by Gasteiger charge is 2.07. The molecule has 70 valence electrons. The van der Waals surface area contributed by atoms with E-state index in [4.69, 9.17) is 5.11 Å². The van der Waals surface area contributed by atoms with E-state index in [0.29, 0.717) is 19.3 Å². The molecule has 0 unspecified atom stereocenters. The third-order valence-corrected chi connectivity index (χ3v) is 1.54. The first-order chi connectivity index (χ1) is 5.70. The van der Waals surface area contributed by atoms with Crippen LogP contribution in [-0.2, 0) is 9.59 Å². The first-order valence-corrected chi connectivity index (χ1v) is 4.35. The van der Waals surface area contributed by atoms with Gasteiger partial charge in [0.2, 0.25) is 0 Å². The first kappa shape index (κ1) is 11.3. The van der Waals surface area contributed by atoms with Gasteiger partial charge < -0.3 is 5.11 Å². The monoisotopic (exact) mass is 172 g/mol. The number of hydrogen-bond acceptors (Lipinski definition) is 3. The van der Waals surface area contributed by atoms with Crippen LogP contribution in [-0.4, -0.2) is 23.3 Å². The molecule has 0 atom stereocenters. The molecule has 0 amide bonds. The summed E-state index contributed by atoms with van der Waals surface area (Å²) in [6.45, 7) is 1.93. The highest BCUT2D eigenvalue weighted by Crippen LogP contribution is 1.99. The van der Waals surface area contributed by atoms with Crippen molar-refractivity contribution in [1.82, 2.24) is 0 Å². The minimum absolute atomic E-state index is 0.0143. The maximum atomic E-state index is 11.0. The molecule has 3 heteroatoms. The fourth-order valence-corrected chi connectivity index (χ4v) is 0.952. The van der Waals surface area contributed by atoms with Crippen molar-refractivity contribution in [2.45, 2.75) is 39.0 Å². The lowest BCUT2D eigenvalue weighted by atomic mass is 10.1. The Morgan fingerprint density at radius 1 is 1.17 bits per heavy atom. The predicted molar refractivity (Wildman–Crippen MR) is 45.9 cm³/mol. The molecule has 3 nitrogen and oxygen atoms in total. The number of aliphatic hydroxyl groups is 1. The van der Waals surface area contributed by atoms with Crippen LogP contribution in [0.5, 0.6) is 0 Å². The van der Waals surface area contributed by atoms with Gasteiger partial charge in [0.05, 0.1) is 6.42 Å². The molecule has 0 aliphatic carbocycles. The highest BCUT2D eigenvalue weighted by molar-refractivity contribution is 5.98. The predicted octanol–water partition coefficient (Wildman–Crippen LogP) is 1.09. The molecule has 0 bridgehead atoms. The molecule has 0 aromatic heterocycles. The van der Waals surface area contributed by atoms with Gasteiger partial charge in [-0.05, 0) is 12.8 Å². The Balaban J connectivity index is 3.47. The van der Waals surface area contributed by atoms with Crippen molar-refractivity contribution in [3.8, 4) is 0 Å². The van der Waals surface area contributed by atoms with Gasteiger partial charge in [-0.3, -0.25) is 9.59 Å². The zero-order valence-electron chi connectivity index (χ0n) is 7.51. The van der Waals surface area contributed by atoms with E-state index in [1.807, 2.05) is 6.92 Å². The molecule has 0 rings (SSSR count). The highest BCUT2D eigenvalue weighted by atomic mass is 16.3. The van der Waals surface area contributed by atoms with Crippen LogP contribution in [0.3, 0.4) is 0 Å². The molecule has 0 spiro atoms. The molecule has 0 heterocycles. The lowest BCUT2D eigenvalue weighted by molar-refractivity contribution is -0.127. The molecule has 0 radical (unpaired) electrons. The Bertz CT molecular complexity index is 152. The standard InChI is InChI=1S/C9H16O3/c1-2-4-8(11)7-9(12)5-3-6-10/h10H,2-7H2,1H3. The topological polar surface area (TPSA) is 54.4 Å². The molecule has 0 aromatic rings. The molecule has 0 saturated heterocycles. The van der Waals surface area contributed by atoms with E-state index >= 15 is 0 Å². The first-order valence-electron chi connectivity index (χ1n) is 4.35. The van der Waals surface area contributed by atoms with E-state index in [1.54, 1.807) is 0 Å². The van der Waals surface area contributed by atoms with Crippen LogP contribution >= 0.6 is 0 Å². The summed E-state index contributed by atoms with van der Waals surface area (Å²) < 4.78 is 0. The summed E-state index contributed by atoms with van der Waals surface area (Å²) in [5, 5.41) is 8.42. The summed E-state index contributed by atoms with van der Waals surface area (Å²) in [6.07, 6.45) is 2.13. The normalized spacial score (nSPS) is 9.83. The van der Waals surface area contributed by atoms with Gasteiger partial charge in [0.15, 0.2) is 0 Å². The number of carbonyl (C=O) groups excluding carboxylic acids is 2. The SMILES string of the molecule is CCCC(=O)CC(=O)CCCO. The molecule has 0 aliphatic heterocycles. The van der Waals surface area contributed by atoms with E-state index < -0.39 is 0 Å². The van der Waals surface area contributed by atoms with Crippen molar-refractivity contribution < 1.29 is 14.7 Å². The van der Waals surface area contributed by atoms with Crippen LogP contribution in [0.25, 0.3) is 0 Å². The molecule has 1 N–H and O–H groups in total. The third kappa shape index (κ3) is 6.04. The molecule has 0 aliphatic rings. The number of carbonyl (C=O) groups is 2. The van der Waals surface area contributed by atoms with Crippen LogP contribution in [0, 0.1) is 0 Å². The third-order valence-electron chi connectivity index (χ3n) is 1.54. The lowest BCUT2D eigenvalue weighted by Crippen LogP contribution is -2.07. The van der Waals surface area contributed by atoms with Gasteiger partial charge in [0.25, 0.3) is 0 Å². The van der Waals surface area contributed by atoms with Gasteiger partial charge in [-0.2, -0.15) is 0 Å². The minimum Gasteiger partial charge on any atom is -0.396 e. The van der Waals surface area contributed by atoms with Crippen LogP contribution in [0.2, 0.25) is 0 Å². The lowest BCUT2D eigenvalue weighted by Gasteiger charge is -1.97. The maximum absolute atomic E-state index is 11.0. The van der Waals surface area contributed by atoms with Crippen molar-refractivity contribution >= 4 is 11.6 Å². The number of rotatable bonds is 7. The zero-order valence-corrected chi connectivity index (χ0v) is 7.51. The van der Waals surface area contributed by atoms with Gasteiger partial charge in [0, 0.05) is 19.4 Å². The summed E-state index contributed by atoms with van der Waals surface area (Å²) in [5.74, 6) is -0.0389. The second kappa shape index (κ2) is 6.98. The van der Waals surface area contributed by atoms with Crippen molar-refractivity contribution in [3.05, 3.63) is 0 Å². The molecule has 0 fully saturated rings. The molecular formula is C9H16O3. The second-order valence-electron chi connectivity index (χ2n) is 2.83. The molecular weight excluding hydrogens is 156 g/mol. The van der Waals surface area contributed by atoms with E-state index in [-0.39, 0.29) is 24.6 Å². The maximum Gasteiger partial charge on any atom is 0.140 e. The van der Waals surface area contributed by atoms with Crippen LogP contribution in [0.15, 0.2) is 0 Å². The minimum atomic E-state index is -0.0532. The van der Waals surface area contributed by atoms with Crippen molar-refractivity contribution in [1.29, 1.82) is 0 Å². The Morgan fingerprint density at radius 2 is 1.75 bits per heavy atom. The van der Waals surface area contributed by atoms with Gasteiger partial charge >= 0.3 is 0 Å². The van der Waals surface area contributed by atoms with Crippen LogP contribution < -0.4 is 0 Å². The van der Waals surface area contributed by atoms with E-state index in [9.17, 15) is 9.59 Å². The smallest absolute Gasteiger partial charge is 0.140 e. The van der Waals surface area contributed by atoms with E-state index in [2.05, 4.69) is 0 Å². The quantitative estimate of drug-likeness (QED) is 0.585. The number of ketones is 2. The average molecular weight is 172 g/mol. The second-order valence-corrected chi connectivity index (χ2v) is 2.83. The Labute approximate surface area is 72.8 Å². The number of aliphatic hydroxyl groups excluding tert-OH is 1. The van der Waals surface area contributed by atoms with E-state index in [0.717, 1.165) is 6.42 Å². The zero-order chi connectivity index (χ0) is 9.40. The number of Topliss-reactive ketones (excluding diaryl/α,β-unsaturated/α-hetero) is 2. The summed E-state index contributed by atoms with van der Waals surface area (Å²) in [7, 11) is 0. The van der Waals surface area contributed by atoms with Gasteiger partial charge in [-0.15, -0.1) is 0 Å². The summed E-state index contributed by atoms with van der Waals surface area (Å²) in [6, 6.07) is 0. The van der Waals surface area contributed by atoms with Gasteiger partial charge in [-0.25, -0.2) is 0 Å². The van der Waals surface area contributed by atoms with Crippen molar-refractivity contribution in [3.63, 3.8) is 0 Å². The Hall–Kier alpha value is -0.700. The van der Waals surface area contributed by atoms with Crippen molar-refractivity contribution in [2.24, 2.45) is 0 Å². The summed E-state index contributed by atoms with van der Waals surface area (Å²) >= 11 is 0. The fourth-order valence-electron chi connectivity index (χ4n) is 0.952. The van der Waals surface area contributed by atoms with Crippen LogP contribution in [0.4, 0.5) is 0 Å². The largest absolute Gasteiger partial charge is 0.396 e. The fraction of sp³-hybridized carbons (Fsp3) is 0.778. The molecule has 0 aromatic carbocycles. The van der Waals surface area contributed by atoms with Gasteiger partial charge in [0.1, 0.15) is 11.6 Å². The van der Waals surface area contributed by atoms with E-state index in [1.165, 1.54) is 0 Å². The number of hydrogen-bond donors (Lipinski definition) is 1. The van der Waals surface area contributed by atoms with Crippen molar-refractivity contribution in [2.75, 3.05) is 6.61 Å². The Morgan fingerprint density at radius 3 is 2.25 bits per heavy atom. The van der Waals surface area contributed by atoms with Gasteiger partial charge in [-0.1, -0.05) is 6.92 Å².